The van der Waals surface area contributed by atoms with Crippen LogP contribution in [0.1, 0.15) is 54.8 Å². The lowest BCUT2D eigenvalue weighted by Crippen LogP contribution is -2.30. The van der Waals surface area contributed by atoms with Gasteiger partial charge >= 0.3 is 5.97 Å². The first-order chi connectivity index (χ1) is 16.2. The number of hydrogen-bond acceptors (Lipinski definition) is 8. The number of aryl methyl sites for hydroxylation is 2. The maximum Gasteiger partial charge on any atom is 0.321 e. The summed E-state index contributed by atoms with van der Waals surface area (Å²) in [6.07, 6.45) is 3.37. The second kappa shape index (κ2) is 12.0. The van der Waals surface area contributed by atoms with Crippen molar-refractivity contribution in [3.05, 3.63) is 63.0 Å². The minimum atomic E-state index is -0.652. The van der Waals surface area contributed by atoms with E-state index in [0.29, 0.717) is 24.8 Å². The number of nitrogens with zero attached hydrogens (tertiary/aromatic N) is 4. The van der Waals surface area contributed by atoms with Gasteiger partial charge in [0.05, 0.1) is 23.9 Å². The van der Waals surface area contributed by atoms with E-state index >= 15 is 0 Å². The summed E-state index contributed by atoms with van der Waals surface area (Å²) in [7, 11) is 0. The second-order valence-corrected chi connectivity index (χ2v) is 11.9. The summed E-state index contributed by atoms with van der Waals surface area (Å²) in [4.78, 5) is 29.9. The number of anilines is 1. The molecule has 0 saturated heterocycles. The van der Waals surface area contributed by atoms with Gasteiger partial charge < -0.3 is 9.64 Å². The lowest BCUT2D eigenvalue weighted by molar-refractivity contribution is -0.145. The molecule has 0 spiro atoms. The highest BCUT2D eigenvalue weighted by Crippen LogP contribution is 2.34. The van der Waals surface area contributed by atoms with Crippen molar-refractivity contribution < 1.29 is 9.53 Å². The standard InChI is InChI=1S/C25H31ClN4O2S2/c1-6-7-12-32-24(31)25(4,5)34-20-10-8-19(9-11-20)14-30(23-13-22(26)27-16-28-23)15-21-17(2)29-18(3)33-21/h8-11,13,16H,6-7,12,14-15H2,1-5H3. The van der Waals surface area contributed by atoms with Crippen molar-refractivity contribution in [2.24, 2.45) is 0 Å². The molecule has 0 aliphatic rings. The van der Waals surface area contributed by atoms with Gasteiger partial charge in [-0.25, -0.2) is 15.0 Å². The third-order valence-electron chi connectivity index (χ3n) is 5.17. The van der Waals surface area contributed by atoms with Crippen LogP contribution in [0.15, 0.2) is 41.6 Å². The fourth-order valence-corrected chi connectivity index (χ4v) is 5.41. The van der Waals surface area contributed by atoms with E-state index < -0.39 is 4.75 Å². The van der Waals surface area contributed by atoms with Gasteiger partial charge in [-0.15, -0.1) is 23.1 Å². The van der Waals surface area contributed by atoms with Crippen LogP contribution in [0.5, 0.6) is 0 Å². The van der Waals surface area contributed by atoms with Crippen LogP contribution in [0.2, 0.25) is 5.15 Å². The summed E-state index contributed by atoms with van der Waals surface area (Å²) in [5.74, 6) is 0.580. The van der Waals surface area contributed by atoms with E-state index in [1.165, 1.54) is 23.0 Å². The highest BCUT2D eigenvalue weighted by Gasteiger charge is 2.30. The molecule has 2 aromatic heterocycles. The molecular weight excluding hydrogens is 488 g/mol. The number of rotatable bonds is 11. The molecule has 0 N–H and O–H groups in total. The van der Waals surface area contributed by atoms with Gasteiger partial charge in [-0.3, -0.25) is 4.79 Å². The fraction of sp³-hybridized carbons (Fsp3) is 0.440. The lowest BCUT2D eigenvalue weighted by Gasteiger charge is -2.24. The number of carbonyl (C=O) groups excluding carboxylic acids is 1. The van der Waals surface area contributed by atoms with Crippen LogP contribution in [-0.2, 0) is 22.6 Å². The number of halogens is 1. The van der Waals surface area contributed by atoms with E-state index in [1.54, 1.807) is 17.4 Å². The molecule has 1 aromatic carbocycles. The molecule has 0 unspecified atom stereocenters. The van der Waals surface area contributed by atoms with Crippen molar-refractivity contribution >= 4 is 46.5 Å². The maximum absolute atomic E-state index is 12.5. The summed E-state index contributed by atoms with van der Waals surface area (Å²) < 4.78 is 4.78. The van der Waals surface area contributed by atoms with Gasteiger partial charge in [-0.05, 0) is 51.8 Å². The molecule has 6 nitrogen and oxygen atoms in total. The summed E-state index contributed by atoms with van der Waals surface area (Å²) >= 11 is 9.36. The van der Waals surface area contributed by atoms with Gasteiger partial charge in [0.1, 0.15) is 22.0 Å². The zero-order chi connectivity index (χ0) is 24.7. The van der Waals surface area contributed by atoms with Crippen molar-refractivity contribution in [3.8, 4) is 0 Å². The molecule has 0 amide bonds. The van der Waals surface area contributed by atoms with Gasteiger partial charge in [0.2, 0.25) is 0 Å². The van der Waals surface area contributed by atoms with Gasteiger partial charge in [0, 0.05) is 22.4 Å². The predicted molar refractivity (Wildman–Crippen MR) is 141 cm³/mol. The minimum absolute atomic E-state index is 0.183. The summed E-state index contributed by atoms with van der Waals surface area (Å²) in [6.45, 7) is 11.7. The zero-order valence-corrected chi connectivity index (χ0v) is 22.7. The quantitative estimate of drug-likeness (QED) is 0.122. The van der Waals surface area contributed by atoms with Crippen molar-refractivity contribution in [1.29, 1.82) is 0 Å². The third-order valence-corrected chi connectivity index (χ3v) is 7.62. The Balaban J connectivity index is 1.73. The molecular formula is C25H31ClN4O2S2. The van der Waals surface area contributed by atoms with Crippen molar-refractivity contribution in [1.82, 2.24) is 15.0 Å². The monoisotopic (exact) mass is 518 g/mol. The number of esters is 1. The minimum Gasteiger partial charge on any atom is -0.465 e. The Morgan fingerprint density at radius 2 is 1.91 bits per heavy atom. The molecule has 3 aromatic rings. The normalized spacial score (nSPS) is 11.5. The highest BCUT2D eigenvalue weighted by atomic mass is 35.5. The number of benzene rings is 1. The fourth-order valence-electron chi connectivity index (χ4n) is 3.31. The molecule has 0 bridgehead atoms. The number of hydrogen-bond donors (Lipinski definition) is 0. The second-order valence-electron chi connectivity index (χ2n) is 8.54. The van der Waals surface area contributed by atoms with Crippen molar-refractivity contribution in [2.45, 2.75) is 70.2 Å². The van der Waals surface area contributed by atoms with Crippen LogP contribution in [0.25, 0.3) is 0 Å². The highest BCUT2D eigenvalue weighted by molar-refractivity contribution is 8.01. The predicted octanol–water partition coefficient (Wildman–Crippen LogP) is 6.62. The zero-order valence-electron chi connectivity index (χ0n) is 20.3. The Morgan fingerprint density at radius 3 is 2.53 bits per heavy atom. The smallest absolute Gasteiger partial charge is 0.321 e. The van der Waals surface area contributed by atoms with Crippen LogP contribution in [0, 0.1) is 13.8 Å². The van der Waals surface area contributed by atoms with Gasteiger partial charge in [0.15, 0.2) is 0 Å². The Hall–Kier alpha value is -2.16. The van der Waals surface area contributed by atoms with Crippen LogP contribution in [0.4, 0.5) is 5.82 Å². The molecule has 2 heterocycles. The molecule has 0 aliphatic carbocycles. The number of ether oxygens (including phenoxy) is 1. The summed E-state index contributed by atoms with van der Waals surface area (Å²) in [5, 5.41) is 1.46. The topological polar surface area (TPSA) is 68.2 Å². The molecule has 3 rings (SSSR count). The van der Waals surface area contributed by atoms with Gasteiger partial charge in [-0.2, -0.15) is 0 Å². The van der Waals surface area contributed by atoms with E-state index in [-0.39, 0.29) is 5.97 Å². The van der Waals surface area contributed by atoms with Gasteiger partial charge in [-0.1, -0.05) is 37.1 Å². The van der Waals surface area contributed by atoms with Crippen LogP contribution in [0.3, 0.4) is 0 Å². The Labute approximate surface area is 215 Å². The van der Waals surface area contributed by atoms with Crippen molar-refractivity contribution in [2.75, 3.05) is 11.5 Å². The van der Waals surface area contributed by atoms with E-state index in [0.717, 1.165) is 39.8 Å². The number of thiazole rings is 1. The van der Waals surface area contributed by atoms with E-state index in [2.05, 4.69) is 38.9 Å². The third kappa shape index (κ3) is 7.42. The molecule has 0 saturated carbocycles. The van der Waals surface area contributed by atoms with E-state index in [1.807, 2.05) is 39.8 Å². The SMILES string of the molecule is CCCCOC(=O)C(C)(C)Sc1ccc(CN(Cc2sc(C)nc2C)c2cc(Cl)ncn2)cc1. The average Bonchev–Trinajstić information content (AvgIpc) is 3.11. The van der Waals surface area contributed by atoms with Crippen LogP contribution >= 0.6 is 34.7 Å². The summed E-state index contributed by atoms with van der Waals surface area (Å²) in [6, 6.07) is 10.0. The molecule has 9 heteroatoms. The van der Waals surface area contributed by atoms with E-state index in [4.69, 9.17) is 16.3 Å². The molecule has 34 heavy (non-hydrogen) atoms. The average molecular weight is 519 g/mol. The lowest BCUT2D eigenvalue weighted by atomic mass is 10.2. The van der Waals surface area contributed by atoms with Gasteiger partial charge in [0.25, 0.3) is 0 Å². The first kappa shape index (κ1) is 26.4. The number of thioether (sulfide) groups is 1. The molecule has 182 valence electrons. The number of aromatic nitrogens is 3. The first-order valence-electron chi connectivity index (χ1n) is 11.3. The molecule has 0 fully saturated rings. The van der Waals surface area contributed by atoms with Crippen LogP contribution < -0.4 is 4.90 Å². The molecule has 0 aliphatic heterocycles. The maximum atomic E-state index is 12.5. The summed E-state index contributed by atoms with van der Waals surface area (Å²) in [5.41, 5.74) is 2.16. The Bertz CT molecular complexity index is 1100. The molecule has 0 radical (unpaired) electrons. The number of carbonyl (C=O) groups is 1. The largest absolute Gasteiger partial charge is 0.465 e. The van der Waals surface area contributed by atoms with Crippen molar-refractivity contribution in [3.63, 3.8) is 0 Å². The van der Waals surface area contributed by atoms with Crippen LogP contribution in [-0.4, -0.2) is 32.3 Å². The Morgan fingerprint density at radius 1 is 1.18 bits per heavy atom. The van der Waals surface area contributed by atoms with E-state index in [9.17, 15) is 4.79 Å². The Kier molecular flexibility index (Phi) is 9.33. The molecule has 0 atom stereocenters. The first-order valence-corrected chi connectivity index (χ1v) is 13.3. The number of unbranched alkanes of at least 4 members (excludes halogenated alkanes) is 1.